The van der Waals surface area contributed by atoms with Crippen LogP contribution >= 0.6 is 0 Å². The van der Waals surface area contributed by atoms with E-state index in [1.165, 1.54) is 6.92 Å². The lowest BCUT2D eigenvalue weighted by Crippen LogP contribution is -2.59. The molecule has 0 aromatic carbocycles. The molecule has 4 fully saturated rings. The van der Waals surface area contributed by atoms with E-state index in [-0.39, 0.29) is 17.8 Å². The molecule has 0 aromatic heterocycles. The number of rotatable bonds is 3. The van der Waals surface area contributed by atoms with Crippen molar-refractivity contribution >= 4 is 17.5 Å². The minimum Gasteiger partial charge on any atom is -0.458 e. The van der Waals surface area contributed by atoms with Crippen molar-refractivity contribution in [3.05, 3.63) is 0 Å². The maximum absolute atomic E-state index is 12.9. The molecule has 1 N–H and O–H groups in total. The van der Waals surface area contributed by atoms with E-state index in [0.717, 1.165) is 44.9 Å². The lowest BCUT2D eigenvalue weighted by Gasteiger charge is -2.60. The molecule has 0 aromatic rings. The first-order valence-corrected chi connectivity index (χ1v) is 11.0. The maximum Gasteiger partial charge on any atom is 0.303 e. The number of ketones is 2. The Bertz CT molecular complexity index is 701. The minimum atomic E-state index is -1.39. The molecule has 0 saturated heterocycles. The van der Waals surface area contributed by atoms with Crippen LogP contribution in [0.5, 0.6) is 0 Å². The van der Waals surface area contributed by atoms with E-state index < -0.39 is 17.0 Å². The second-order valence-electron chi connectivity index (χ2n) is 10.5. The quantitative estimate of drug-likeness (QED) is 0.747. The zero-order valence-corrected chi connectivity index (χ0v) is 17.5. The van der Waals surface area contributed by atoms with E-state index >= 15 is 0 Å². The molecule has 28 heavy (non-hydrogen) atoms. The fourth-order valence-corrected chi connectivity index (χ4v) is 7.81. The molecule has 7 atom stereocenters. The summed E-state index contributed by atoms with van der Waals surface area (Å²) in [6.45, 7) is 5.45. The predicted molar refractivity (Wildman–Crippen MR) is 103 cm³/mol. The van der Waals surface area contributed by atoms with Crippen LogP contribution in [0.3, 0.4) is 0 Å². The summed E-state index contributed by atoms with van der Waals surface area (Å²) in [6, 6.07) is 0. The van der Waals surface area contributed by atoms with Crippen molar-refractivity contribution in [2.45, 2.75) is 84.2 Å². The molecule has 0 radical (unpaired) electrons. The molecular weight excluding hydrogens is 356 g/mol. The van der Waals surface area contributed by atoms with Gasteiger partial charge in [-0.3, -0.25) is 14.4 Å². The van der Waals surface area contributed by atoms with Crippen molar-refractivity contribution in [2.24, 2.45) is 34.5 Å². The summed E-state index contributed by atoms with van der Waals surface area (Å²) in [7, 11) is 0. The van der Waals surface area contributed by atoms with Crippen molar-refractivity contribution in [3.63, 3.8) is 0 Å². The molecule has 0 heterocycles. The van der Waals surface area contributed by atoms with Crippen molar-refractivity contribution in [1.82, 2.24) is 0 Å². The van der Waals surface area contributed by atoms with Gasteiger partial charge in [-0.2, -0.15) is 0 Å². The highest BCUT2D eigenvalue weighted by molar-refractivity contribution is 5.91. The van der Waals surface area contributed by atoms with Gasteiger partial charge in [0.15, 0.2) is 6.61 Å². The van der Waals surface area contributed by atoms with Gasteiger partial charge in [0, 0.05) is 25.2 Å². The summed E-state index contributed by atoms with van der Waals surface area (Å²) < 4.78 is 4.93. The fraction of sp³-hybridized carbons (Fsp3) is 0.870. The summed E-state index contributed by atoms with van der Waals surface area (Å²) >= 11 is 0. The summed E-state index contributed by atoms with van der Waals surface area (Å²) in [4.78, 5) is 36.0. The number of Topliss-reactive ketones (excluding diaryl/α,β-unsaturated/α-hetero) is 2. The number of hydrogen-bond acceptors (Lipinski definition) is 5. The first-order valence-electron chi connectivity index (χ1n) is 11.0. The molecule has 0 unspecified atom stereocenters. The van der Waals surface area contributed by atoms with E-state index in [1.54, 1.807) is 0 Å². The van der Waals surface area contributed by atoms with Gasteiger partial charge in [0.05, 0.1) is 0 Å². The molecular formula is C23H34O5. The molecule has 0 bridgehead atoms. The molecule has 0 spiro atoms. The molecule has 4 aliphatic carbocycles. The Balaban J connectivity index is 1.57. The SMILES string of the molecule is CC(=O)OCC(=O)[C@@]1(O)CC[C@@H]2[C@H]3CC[C@H]4CC(=O)CC[C@]4(C)[C@@H]3CC[C@@]21C. The van der Waals surface area contributed by atoms with Crippen LogP contribution in [0.4, 0.5) is 0 Å². The predicted octanol–water partition coefficient (Wildman–Crippen LogP) is 3.46. The number of carbonyl (C=O) groups is 3. The highest BCUT2D eigenvalue weighted by Crippen LogP contribution is 2.68. The first-order chi connectivity index (χ1) is 13.1. The summed E-state index contributed by atoms with van der Waals surface area (Å²) in [5.41, 5.74) is -1.61. The van der Waals surface area contributed by atoms with Crippen LogP contribution in [0, 0.1) is 34.5 Å². The van der Waals surface area contributed by atoms with Crippen LogP contribution in [-0.4, -0.2) is 34.9 Å². The second kappa shape index (κ2) is 6.65. The third kappa shape index (κ3) is 2.72. The van der Waals surface area contributed by atoms with Gasteiger partial charge in [-0.1, -0.05) is 13.8 Å². The number of fused-ring (bicyclic) bond motifs is 5. The Hall–Kier alpha value is -1.23. The average Bonchev–Trinajstić information content (AvgIpc) is 2.92. The highest BCUT2D eigenvalue weighted by Gasteiger charge is 2.66. The maximum atomic E-state index is 12.9. The zero-order valence-electron chi connectivity index (χ0n) is 17.5. The molecule has 0 aliphatic heterocycles. The van der Waals surface area contributed by atoms with Gasteiger partial charge < -0.3 is 9.84 Å². The lowest BCUT2D eigenvalue weighted by atomic mass is 9.44. The summed E-state index contributed by atoms with van der Waals surface area (Å²) in [6.07, 6.45) is 7.82. The van der Waals surface area contributed by atoms with Gasteiger partial charge in [0.2, 0.25) is 5.78 Å². The van der Waals surface area contributed by atoms with E-state index in [9.17, 15) is 19.5 Å². The Morgan fingerprint density at radius 1 is 1.07 bits per heavy atom. The zero-order chi connectivity index (χ0) is 20.3. The van der Waals surface area contributed by atoms with Crippen molar-refractivity contribution in [3.8, 4) is 0 Å². The third-order valence-electron chi connectivity index (χ3n) is 9.50. The van der Waals surface area contributed by atoms with Crippen LogP contribution in [-0.2, 0) is 19.1 Å². The van der Waals surface area contributed by atoms with Crippen LogP contribution < -0.4 is 0 Å². The van der Waals surface area contributed by atoms with Crippen LogP contribution in [0.1, 0.15) is 78.6 Å². The van der Waals surface area contributed by atoms with Gasteiger partial charge in [-0.15, -0.1) is 0 Å². The fourth-order valence-electron chi connectivity index (χ4n) is 7.81. The lowest BCUT2D eigenvalue weighted by molar-refractivity contribution is -0.175. The van der Waals surface area contributed by atoms with Crippen molar-refractivity contribution in [1.29, 1.82) is 0 Å². The smallest absolute Gasteiger partial charge is 0.303 e. The molecule has 4 rings (SSSR count). The monoisotopic (exact) mass is 390 g/mol. The number of ether oxygens (including phenoxy) is 1. The second-order valence-corrected chi connectivity index (χ2v) is 10.5. The Morgan fingerprint density at radius 3 is 2.50 bits per heavy atom. The van der Waals surface area contributed by atoms with E-state index in [0.29, 0.717) is 42.3 Å². The Morgan fingerprint density at radius 2 is 1.79 bits per heavy atom. The number of carbonyl (C=O) groups excluding carboxylic acids is 3. The molecule has 156 valence electrons. The van der Waals surface area contributed by atoms with Crippen molar-refractivity contribution < 1.29 is 24.2 Å². The van der Waals surface area contributed by atoms with Crippen LogP contribution in [0.2, 0.25) is 0 Å². The number of aliphatic hydroxyl groups is 1. The molecule has 4 saturated carbocycles. The van der Waals surface area contributed by atoms with E-state index in [4.69, 9.17) is 4.74 Å². The molecule has 5 heteroatoms. The van der Waals surface area contributed by atoms with E-state index in [2.05, 4.69) is 13.8 Å². The Labute approximate surface area is 167 Å². The minimum absolute atomic E-state index is 0.223. The number of esters is 1. The van der Waals surface area contributed by atoms with Gasteiger partial charge in [0.1, 0.15) is 11.4 Å². The Kier molecular flexibility index (Phi) is 4.76. The van der Waals surface area contributed by atoms with Gasteiger partial charge in [0.25, 0.3) is 0 Å². The topological polar surface area (TPSA) is 80.7 Å². The number of hydrogen-bond donors (Lipinski definition) is 1. The van der Waals surface area contributed by atoms with Gasteiger partial charge in [-0.25, -0.2) is 0 Å². The largest absolute Gasteiger partial charge is 0.458 e. The highest BCUT2D eigenvalue weighted by atomic mass is 16.5. The van der Waals surface area contributed by atoms with Gasteiger partial charge >= 0.3 is 5.97 Å². The molecule has 4 aliphatic rings. The molecule has 5 nitrogen and oxygen atoms in total. The normalized spacial score (nSPS) is 47.6. The summed E-state index contributed by atoms with van der Waals surface area (Å²) in [5, 5.41) is 11.5. The third-order valence-corrected chi connectivity index (χ3v) is 9.50. The van der Waals surface area contributed by atoms with E-state index in [1.807, 2.05) is 0 Å². The average molecular weight is 391 g/mol. The standard InChI is InChI=1S/C23H34O5/c1-14(24)28-13-20(26)23(27)11-8-19-17-5-4-15-12-16(25)6-9-21(15,2)18(17)7-10-22(19,23)3/h15,17-19,27H,4-13H2,1-3H3/t15-,17-,18+,19+,21-,22-,23-/m0/s1. The van der Waals surface area contributed by atoms with Gasteiger partial charge in [-0.05, 0) is 74.0 Å². The first kappa shape index (κ1) is 20.1. The molecule has 0 amide bonds. The van der Waals surface area contributed by atoms with Crippen molar-refractivity contribution in [2.75, 3.05) is 6.61 Å². The summed E-state index contributed by atoms with van der Waals surface area (Å²) in [5.74, 6) is 1.53. The van der Waals surface area contributed by atoms with Crippen LogP contribution in [0.25, 0.3) is 0 Å². The van der Waals surface area contributed by atoms with Crippen LogP contribution in [0.15, 0.2) is 0 Å².